The summed E-state index contributed by atoms with van der Waals surface area (Å²) >= 11 is 5.97. The van der Waals surface area contributed by atoms with E-state index in [-0.39, 0.29) is 5.91 Å². The van der Waals surface area contributed by atoms with Crippen LogP contribution in [0.1, 0.15) is 35.6 Å². The monoisotopic (exact) mass is 342 g/mol. The Hall–Kier alpha value is -1.84. The van der Waals surface area contributed by atoms with Gasteiger partial charge in [-0.05, 0) is 68.1 Å². The highest BCUT2D eigenvalue weighted by Crippen LogP contribution is 2.33. The number of carbonyl (C=O) groups excluding carboxylic acids is 1. The van der Waals surface area contributed by atoms with Crippen molar-refractivity contribution in [1.82, 2.24) is 4.90 Å². The largest absolute Gasteiger partial charge is 0.325 e. The second-order valence-electron chi connectivity index (χ2n) is 6.53. The van der Waals surface area contributed by atoms with Crippen LogP contribution in [0, 0.1) is 6.92 Å². The zero-order chi connectivity index (χ0) is 17.1. The van der Waals surface area contributed by atoms with E-state index in [1.54, 1.807) is 6.07 Å². The lowest BCUT2D eigenvalue weighted by Crippen LogP contribution is -2.35. The lowest BCUT2D eigenvalue weighted by atomic mass is 9.87. The van der Waals surface area contributed by atoms with E-state index >= 15 is 0 Å². The number of hydrogen-bond donors (Lipinski definition) is 1. The summed E-state index contributed by atoms with van der Waals surface area (Å²) in [5, 5.41) is 3.67. The Kier molecular flexibility index (Phi) is 5.22. The average molecular weight is 343 g/mol. The highest BCUT2D eigenvalue weighted by molar-refractivity contribution is 6.30. The van der Waals surface area contributed by atoms with Crippen molar-refractivity contribution in [2.24, 2.45) is 0 Å². The van der Waals surface area contributed by atoms with Gasteiger partial charge in [-0.1, -0.05) is 35.9 Å². The number of nitrogens with one attached hydrogen (secondary N) is 1. The highest BCUT2D eigenvalue weighted by atomic mass is 35.5. The zero-order valence-electron chi connectivity index (χ0n) is 14.2. The van der Waals surface area contributed by atoms with Crippen LogP contribution in [-0.2, 0) is 11.2 Å². The summed E-state index contributed by atoms with van der Waals surface area (Å²) in [4.78, 5) is 14.6. The third-order valence-corrected chi connectivity index (χ3v) is 4.96. The molecule has 1 N–H and O–H groups in total. The van der Waals surface area contributed by atoms with E-state index < -0.39 is 0 Å². The van der Waals surface area contributed by atoms with Crippen LogP contribution >= 0.6 is 11.6 Å². The molecule has 1 amide bonds. The van der Waals surface area contributed by atoms with Gasteiger partial charge in [-0.25, -0.2) is 0 Å². The number of aryl methyl sites for hydroxylation is 2. The molecule has 0 saturated carbocycles. The molecular formula is C20H23ClN2O. The van der Waals surface area contributed by atoms with Gasteiger partial charge >= 0.3 is 0 Å². The van der Waals surface area contributed by atoms with Crippen molar-refractivity contribution in [3.8, 4) is 0 Å². The Balaban J connectivity index is 1.67. The number of nitrogens with zero attached hydrogens (tertiary/aromatic N) is 1. The second-order valence-corrected chi connectivity index (χ2v) is 6.97. The van der Waals surface area contributed by atoms with Crippen molar-refractivity contribution in [2.75, 3.05) is 18.9 Å². The molecule has 0 unspecified atom stereocenters. The summed E-state index contributed by atoms with van der Waals surface area (Å²) < 4.78 is 0. The number of benzene rings is 2. The molecule has 4 heteroatoms. The molecule has 0 bridgehead atoms. The first-order chi connectivity index (χ1) is 11.5. The average Bonchev–Trinajstić information content (AvgIpc) is 2.57. The predicted octanol–water partition coefficient (Wildman–Crippen LogP) is 4.60. The molecule has 0 aromatic heterocycles. The summed E-state index contributed by atoms with van der Waals surface area (Å²) in [5.74, 6) is 0.00553. The normalized spacial score (nSPS) is 16.8. The van der Waals surface area contributed by atoms with Gasteiger partial charge in [0.1, 0.15) is 0 Å². The van der Waals surface area contributed by atoms with Crippen LogP contribution in [0.15, 0.2) is 42.5 Å². The Morgan fingerprint density at radius 3 is 2.88 bits per heavy atom. The molecule has 1 aliphatic carbocycles. The van der Waals surface area contributed by atoms with E-state index in [0.29, 0.717) is 17.6 Å². The van der Waals surface area contributed by atoms with Gasteiger partial charge in [0, 0.05) is 16.8 Å². The van der Waals surface area contributed by atoms with E-state index in [9.17, 15) is 4.79 Å². The van der Waals surface area contributed by atoms with Crippen molar-refractivity contribution >= 4 is 23.2 Å². The van der Waals surface area contributed by atoms with Crippen molar-refractivity contribution in [3.63, 3.8) is 0 Å². The number of carbonyl (C=O) groups is 1. The molecule has 0 fully saturated rings. The first kappa shape index (κ1) is 17.0. The summed E-state index contributed by atoms with van der Waals surface area (Å²) in [6, 6.07) is 14.4. The van der Waals surface area contributed by atoms with Gasteiger partial charge in [0.25, 0.3) is 0 Å². The number of fused-ring (bicyclic) bond motifs is 1. The Morgan fingerprint density at radius 1 is 1.29 bits per heavy atom. The molecular weight excluding hydrogens is 320 g/mol. The molecule has 126 valence electrons. The smallest absolute Gasteiger partial charge is 0.238 e. The minimum Gasteiger partial charge on any atom is -0.325 e. The highest BCUT2D eigenvalue weighted by Gasteiger charge is 2.24. The zero-order valence-corrected chi connectivity index (χ0v) is 14.9. The number of hydrogen-bond acceptors (Lipinski definition) is 2. The minimum absolute atomic E-state index is 0.00553. The van der Waals surface area contributed by atoms with Gasteiger partial charge in [0.05, 0.1) is 6.54 Å². The van der Waals surface area contributed by atoms with E-state index in [4.69, 9.17) is 11.6 Å². The molecule has 0 saturated heterocycles. The molecule has 2 aromatic rings. The van der Waals surface area contributed by atoms with Gasteiger partial charge < -0.3 is 5.32 Å². The number of amides is 1. The number of halogens is 1. The van der Waals surface area contributed by atoms with Crippen molar-refractivity contribution in [3.05, 3.63) is 64.2 Å². The maximum Gasteiger partial charge on any atom is 0.238 e. The van der Waals surface area contributed by atoms with Gasteiger partial charge in [-0.2, -0.15) is 0 Å². The lowest BCUT2D eigenvalue weighted by Gasteiger charge is -2.32. The SMILES string of the molecule is Cc1cc(Cl)ccc1NC(=O)CN(C)[C@@H]1CCCc2ccccc21. The molecule has 0 heterocycles. The maximum atomic E-state index is 12.4. The van der Waals surface area contributed by atoms with Crippen LogP contribution in [0.5, 0.6) is 0 Å². The van der Waals surface area contributed by atoms with Crippen LogP contribution in [0.2, 0.25) is 5.02 Å². The van der Waals surface area contributed by atoms with Crippen molar-refractivity contribution in [1.29, 1.82) is 0 Å². The van der Waals surface area contributed by atoms with Crippen molar-refractivity contribution in [2.45, 2.75) is 32.2 Å². The molecule has 1 atom stereocenters. The molecule has 3 nitrogen and oxygen atoms in total. The molecule has 1 aliphatic rings. The van der Waals surface area contributed by atoms with E-state index in [0.717, 1.165) is 24.1 Å². The number of anilines is 1. The van der Waals surface area contributed by atoms with Gasteiger partial charge in [0.15, 0.2) is 0 Å². The fraction of sp³-hybridized carbons (Fsp3) is 0.350. The van der Waals surface area contributed by atoms with Crippen molar-refractivity contribution < 1.29 is 4.79 Å². The fourth-order valence-electron chi connectivity index (χ4n) is 3.48. The Bertz CT molecular complexity index is 744. The van der Waals surface area contributed by atoms with E-state index in [1.165, 1.54) is 17.5 Å². The third-order valence-electron chi connectivity index (χ3n) is 4.73. The Labute approximate surface area is 148 Å². The summed E-state index contributed by atoms with van der Waals surface area (Å²) in [6.07, 6.45) is 3.40. The molecule has 3 rings (SSSR count). The number of likely N-dealkylation sites (N-methyl/N-ethyl adjacent to an activating group) is 1. The van der Waals surface area contributed by atoms with Gasteiger partial charge in [-0.15, -0.1) is 0 Å². The predicted molar refractivity (Wildman–Crippen MR) is 99.6 cm³/mol. The molecule has 0 spiro atoms. The Morgan fingerprint density at radius 2 is 2.08 bits per heavy atom. The summed E-state index contributed by atoms with van der Waals surface area (Å²) in [7, 11) is 2.03. The van der Waals surface area contributed by atoms with E-state index in [2.05, 4.69) is 34.5 Å². The molecule has 0 radical (unpaired) electrons. The second kappa shape index (κ2) is 7.37. The quantitative estimate of drug-likeness (QED) is 0.880. The molecule has 0 aliphatic heterocycles. The summed E-state index contributed by atoms with van der Waals surface area (Å²) in [5.41, 5.74) is 4.57. The topological polar surface area (TPSA) is 32.3 Å². The lowest BCUT2D eigenvalue weighted by molar-refractivity contribution is -0.117. The maximum absolute atomic E-state index is 12.4. The summed E-state index contributed by atoms with van der Waals surface area (Å²) in [6.45, 7) is 2.32. The first-order valence-electron chi connectivity index (χ1n) is 8.38. The van der Waals surface area contributed by atoms with E-state index in [1.807, 2.05) is 26.1 Å². The fourth-order valence-corrected chi connectivity index (χ4v) is 3.71. The van der Waals surface area contributed by atoms with Crippen LogP contribution in [0.3, 0.4) is 0 Å². The van der Waals surface area contributed by atoms with Crippen LogP contribution in [-0.4, -0.2) is 24.4 Å². The molecule has 2 aromatic carbocycles. The van der Waals surface area contributed by atoms with Crippen LogP contribution < -0.4 is 5.32 Å². The van der Waals surface area contributed by atoms with Crippen LogP contribution in [0.25, 0.3) is 0 Å². The standard InChI is InChI=1S/C20H23ClN2O/c1-14-12-16(21)10-11-18(14)22-20(24)13-23(2)19-9-5-7-15-6-3-4-8-17(15)19/h3-4,6,8,10-12,19H,5,7,9,13H2,1-2H3,(H,22,24)/t19-/m1/s1. The number of rotatable bonds is 4. The molecule has 24 heavy (non-hydrogen) atoms. The third kappa shape index (κ3) is 3.80. The first-order valence-corrected chi connectivity index (χ1v) is 8.76. The van der Waals surface area contributed by atoms with Gasteiger partial charge in [0.2, 0.25) is 5.91 Å². The van der Waals surface area contributed by atoms with Crippen LogP contribution in [0.4, 0.5) is 5.69 Å². The minimum atomic E-state index is 0.00553. The van der Waals surface area contributed by atoms with Gasteiger partial charge in [-0.3, -0.25) is 9.69 Å².